The lowest BCUT2D eigenvalue weighted by molar-refractivity contribution is -0.117. The molecule has 2 atom stereocenters. The van der Waals surface area contributed by atoms with E-state index in [-0.39, 0.29) is 11.1 Å². The molecule has 0 aromatic heterocycles. The van der Waals surface area contributed by atoms with Crippen LogP contribution >= 0.6 is 0 Å². The number of carbonyl (C=O) groups excluding carboxylic acids is 2. The molecule has 1 aliphatic heterocycles. The van der Waals surface area contributed by atoms with Gasteiger partial charge in [0.25, 0.3) is 0 Å². The second kappa shape index (κ2) is 8.83. The zero-order chi connectivity index (χ0) is 22.8. The number of aldehydes is 1. The molecule has 0 N–H and O–H groups in total. The molecule has 0 saturated carbocycles. The maximum Gasteiger partial charge on any atom is 0.411 e. The predicted octanol–water partition coefficient (Wildman–Crippen LogP) is 5.59. The number of hydrogen-bond acceptors (Lipinski definition) is 4. The van der Waals surface area contributed by atoms with E-state index < -0.39 is 25.6 Å². The van der Waals surface area contributed by atoms with Crippen LogP contribution in [0, 0.1) is 0 Å². The summed E-state index contributed by atoms with van der Waals surface area (Å²) in [6.07, 6.45) is 2.11. The molecule has 0 spiro atoms. The first-order chi connectivity index (χ1) is 13.7. The summed E-state index contributed by atoms with van der Waals surface area (Å²) in [5.41, 5.74) is -0.383. The van der Waals surface area contributed by atoms with E-state index in [0.29, 0.717) is 25.8 Å². The van der Waals surface area contributed by atoms with E-state index in [0.717, 1.165) is 11.8 Å². The summed E-state index contributed by atoms with van der Waals surface area (Å²) in [6.45, 7) is 16.9. The largest absolute Gasteiger partial charge is 0.444 e. The summed E-state index contributed by atoms with van der Waals surface area (Å²) in [7, 11) is -2.04. The van der Waals surface area contributed by atoms with Crippen molar-refractivity contribution in [1.29, 1.82) is 0 Å². The van der Waals surface area contributed by atoms with Crippen molar-refractivity contribution < 1.29 is 18.8 Å². The third-order valence-electron chi connectivity index (χ3n) is 6.30. The van der Waals surface area contributed by atoms with Gasteiger partial charge in [0.1, 0.15) is 17.4 Å². The molecule has 1 aromatic carbocycles. The lowest BCUT2D eigenvalue weighted by Crippen LogP contribution is -2.50. The lowest BCUT2D eigenvalue weighted by atomic mass is 9.89. The molecule has 168 valence electrons. The number of ether oxygens (including phenoxy) is 1. The van der Waals surface area contributed by atoms with Gasteiger partial charge in [-0.1, -0.05) is 51.1 Å². The molecule has 1 fully saturated rings. The fraction of sp³-hybridized carbons (Fsp3) is 0.667. The molecule has 1 heterocycles. The van der Waals surface area contributed by atoms with Crippen molar-refractivity contribution in [2.45, 2.75) is 96.2 Å². The average molecular weight is 434 g/mol. The molecular weight excluding hydrogens is 394 g/mol. The van der Waals surface area contributed by atoms with Crippen molar-refractivity contribution in [3.63, 3.8) is 0 Å². The minimum Gasteiger partial charge on any atom is -0.444 e. The topological polar surface area (TPSA) is 55.8 Å². The quantitative estimate of drug-likeness (QED) is 0.433. The zero-order valence-corrected chi connectivity index (χ0v) is 21.0. The Hall–Kier alpha value is -1.66. The highest BCUT2D eigenvalue weighted by atomic mass is 28.4. The van der Waals surface area contributed by atoms with Crippen LogP contribution in [0.5, 0.6) is 0 Å². The van der Waals surface area contributed by atoms with Gasteiger partial charge in [0.05, 0.1) is 12.6 Å². The van der Waals surface area contributed by atoms with Crippen LogP contribution in [0.1, 0.15) is 59.9 Å². The first-order valence-electron chi connectivity index (χ1n) is 10.9. The van der Waals surface area contributed by atoms with E-state index in [1.807, 2.05) is 39.0 Å². The Bertz CT molecular complexity index is 736. The Morgan fingerprint density at radius 2 is 1.77 bits per heavy atom. The molecule has 2 rings (SSSR count). The first-order valence-corrected chi connectivity index (χ1v) is 13.8. The highest BCUT2D eigenvalue weighted by Crippen LogP contribution is 2.41. The van der Waals surface area contributed by atoms with E-state index in [4.69, 9.17) is 9.16 Å². The number of carbonyl (C=O) groups is 2. The normalized spacial score (nSPS) is 22.8. The molecule has 6 heteroatoms. The molecule has 5 nitrogen and oxygen atoms in total. The van der Waals surface area contributed by atoms with Gasteiger partial charge >= 0.3 is 6.09 Å². The third-order valence-corrected chi connectivity index (χ3v) is 10.8. The van der Waals surface area contributed by atoms with Gasteiger partial charge in [-0.25, -0.2) is 4.79 Å². The molecule has 0 aliphatic carbocycles. The maximum absolute atomic E-state index is 13.1. The van der Waals surface area contributed by atoms with Gasteiger partial charge in [0, 0.05) is 6.42 Å². The summed E-state index contributed by atoms with van der Waals surface area (Å²) in [4.78, 5) is 27.1. The number of amides is 1. The molecular formula is C24H39NO4Si. The molecule has 0 bridgehead atoms. The highest BCUT2D eigenvalue weighted by Gasteiger charge is 2.51. The molecule has 30 heavy (non-hydrogen) atoms. The van der Waals surface area contributed by atoms with E-state index in [1.54, 1.807) is 4.90 Å². The summed E-state index contributed by atoms with van der Waals surface area (Å²) in [5, 5.41) is 0.0558. The lowest BCUT2D eigenvalue weighted by Gasteiger charge is -2.38. The Labute approximate surface area is 183 Å². The van der Waals surface area contributed by atoms with Gasteiger partial charge in [0.2, 0.25) is 0 Å². The molecule has 1 aromatic rings. The number of aryl methyl sites for hydroxylation is 1. The molecule has 0 radical (unpaired) electrons. The van der Waals surface area contributed by atoms with E-state index in [1.165, 1.54) is 0 Å². The van der Waals surface area contributed by atoms with Crippen LogP contribution in [-0.4, -0.2) is 49.4 Å². The van der Waals surface area contributed by atoms with Gasteiger partial charge in [0.15, 0.2) is 8.32 Å². The number of benzene rings is 1. The van der Waals surface area contributed by atoms with Gasteiger partial charge in [-0.2, -0.15) is 0 Å². The minimum absolute atomic E-state index is 0.0558. The molecule has 1 saturated heterocycles. The van der Waals surface area contributed by atoms with Gasteiger partial charge in [-0.3, -0.25) is 4.90 Å². The van der Waals surface area contributed by atoms with Gasteiger partial charge < -0.3 is 14.0 Å². The Kier molecular flexibility index (Phi) is 7.24. The fourth-order valence-corrected chi connectivity index (χ4v) is 4.96. The number of likely N-dealkylation sites (tertiary alicyclic amines) is 1. The second-order valence-electron chi connectivity index (χ2n) is 11.0. The SMILES string of the molecule is CC(C)(C)OC(=O)N1C[C@@H](O[Si](C)(C)C(C)(C)C)C[C@]1(C=O)CCc1ccccc1. The predicted molar refractivity (Wildman–Crippen MR) is 123 cm³/mol. The van der Waals surface area contributed by atoms with Crippen LogP contribution in [0.15, 0.2) is 30.3 Å². The maximum atomic E-state index is 13.1. The standard InChI is InChI=1S/C24H39NO4Si/c1-22(2,3)28-21(27)25-17-20(29-30(7,8)23(4,5)6)16-24(25,18-26)15-14-19-12-10-9-11-13-19/h9-13,18,20H,14-17H2,1-8H3/t20-,24-/m0/s1. The van der Waals surface area contributed by atoms with Crippen molar-refractivity contribution in [3.8, 4) is 0 Å². The molecule has 1 aliphatic rings. The van der Waals surface area contributed by atoms with E-state index in [9.17, 15) is 9.59 Å². The number of hydrogen-bond donors (Lipinski definition) is 0. The van der Waals surface area contributed by atoms with Crippen molar-refractivity contribution in [2.75, 3.05) is 6.54 Å². The Morgan fingerprint density at radius 1 is 1.17 bits per heavy atom. The summed E-state index contributed by atoms with van der Waals surface area (Å²) >= 11 is 0. The van der Waals surface area contributed by atoms with E-state index in [2.05, 4.69) is 46.0 Å². The van der Waals surface area contributed by atoms with Crippen LogP contribution in [0.2, 0.25) is 18.1 Å². The second-order valence-corrected chi connectivity index (χ2v) is 15.8. The van der Waals surface area contributed by atoms with Gasteiger partial charge in [-0.05, 0) is 57.3 Å². The Morgan fingerprint density at radius 3 is 2.27 bits per heavy atom. The molecule has 0 unspecified atom stereocenters. The van der Waals surface area contributed by atoms with Gasteiger partial charge in [-0.15, -0.1) is 0 Å². The molecule has 1 amide bonds. The van der Waals surface area contributed by atoms with Crippen molar-refractivity contribution in [1.82, 2.24) is 4.90 Å². The summed E-state index contributed by atoms with van der Waals surface area (Å²) < 4.78 is 12.3. The zero-order valence-electron chi connectivity index (χ0n) is 20.0. The highest BCUT2D eigenvalue weighted by molar-refractivity contribution is 6.74. The van der Waals surface area contributed by atoms with Crippen LogP contribution in [0.3, 0.4) is 0 Å². The third kappa shape index (κ3) is 5.94. The van der Waals surface area contributed by atoms with Crippen LogP contribution in [0.25, 0.3) is 0 Å². The summed E-state index contributed by atoms with van der Waals surface area (Å²) in [6, 6.07) is 10.1. The fourth-order valence-electron chi connectivity index (χ4n) is 3.61. The summed E-state index contributed by atoms with van der Waals surface area (Å²) in [5.74, 6) is 0. The monoisotopic (exact) mass is 433 g/mol. The minimum atomic E-state index is -2.04. The number of nitrogens with zero attached hydrogens (tertiary/aromatic N) is 1. The van der Waals surface area contributed by atoms with Crippen molar-refractivity contribution >= 4 is 20.7 Å². The smallest absolute Gasteiger partial charge is 0.411 e. The van der Waals surface area contributed by atoms with E-state index >= 15 is 0 Å². The van der Waals surface area contributed by atoms with Crippen LogP contribution in [-0.2, 0) is 20.4 Å². The first kappa shape index (κ1) is 24.6. The average Bonchev–Trinajstić information content (AvgIpc) is 2.97. The number of rotatable bonds is 6. The van der Waals surface area contributed by atoms with Crippen molar-refractivity contribution in [3.05, 3.63) is 35.9 Å². The van der Waals surface area contributed by atoms with Crippen LogP contribution in [0.4, 0.5) is 4.79 Å². The van der Waals surface area contributed by atoms with Crippen LogP contribution < -0.4 is 0 Å². The van der Waals surface area contributed by atoms with Crippen molar-refractivity contribution in [2.24, 2.45) is 0 Å². The Balaban J connectivity index is 2.28.